The fraction of sp³-hybridized carbons (Fsp3) is 0.455. The summed E-state index contributed by atoms with van der Waals surface area (Å²) in [5.41, 5.74) is 0. The van der Waals surface area contributed by atoms with Crippen LogP contribution in [0.1, 0.15) is 13.8 Å². The summed E-state index contributed by atoms with van der Waals surface area (Å²) < 4.78 is 11.3. The molecule has 2 atom stereocenters. The van der Waals surface area contributed by atoms with Crippen molar-refractivity contribution >= 4 is 11.8 Å². The molecule has 3 heteroatoms. The molecule has 0 bridgehead atoms. The average molecular weight is 210 g/mol. The van der Waals surface area contributed by atoms with E-state index >= 15 is 0 Å². The van der Waals surface area contributed by atoms with Crippen molar-refractivity contribution in [3.05, 3.63) is 30.3 Å². The highest BCUT2D eigenvalue weighted by Gasteiger charge is 2.36. The molecule has 1 fully saturated rings. The van der Waals surface area contributed by atoms with Crippen molar-refractivity contribution in [3.8, 4) is 0 Å². The van der Waals surface area contributed by atoms with Gasteiger partial charge in [-0.15, -0.1) is 0 Å². The van der Waals surface area contributed by atoms with Crippen LogP contribution in [0, 0.1) is 0 Å². The second kappa shape index (κ2) is 3.93. The van der Waals surface area contributed by atoms with E-state index in [0.29, 0.717) is 6.61 Å². The van der Waals surface area contributed by atoms with Gasteiger partial charge in [0.15, 0.2) is 0 Å². The molecule has 0 aliphatic carbocycles. The van der Waals surface area contributed by atoms with Gasteiger partial charge in [0.1, 0.15) is 0 Å². The fourth-order valence-corrected chi connectivity index (χ4v) is 2.52. The molecule has 0 N–H and O–H groups in total. The summed E-state index contributed by atoms with van der Waals surface area (Å²) in [7, 11) is 0. The van der Waals surface area contributed by atoms with E-state index in [1.165, 1.54) is 4.90 Å². The summed E-state index contributed by atoms with van der Waals surface area (Å²) in [5, 5.41) is -0.513. The second-order valence-electron chi connectivity index (χ2n) is 3.52. The van der Waals surface area contributed by atoms with E-state index in [2.05, 4.69) is 12.1 Å². The molecular formula is C11H14O2S. The van der Waals surface area contributed by atoms with Crippen molar-refractivity contribution in [2.24, 2.45) is 0 Å². The fourth-order valence-electron chi connectivity index (χ4n) is 1.46. The molecule has 1 saturated heterocycles. The molecule has 2 nitrogen and oxygen atoms in total. The quantitative estimate of drug-likeness (QED) is 0.747. The molecule has 1 heterocycles. The first-order chi connectivity index (χ1) is 6.68. The Balaban J connectivity index is 2.04. The summed E-state index contributed by atoms with van der Waals surface area (Å²) >= 11 is 1.61. The number of hydrogen-bond donors (Lipinski definition) is 0. The second-order valence-corrected chi connectivity index (χ2v) is 4.93. The van der Waals surface area contributed by atoms with E-state index < -0.39 is 5.12 Å². The molecule has 2 unspecified atom stereocenters. The molecule has 14 heavy (non-hydrogen) atoms. The Hall–Kier alpha value is -0.510. The first-order valence-corrected chi connectivity index (χ1v) is 5.55. The Kier molecular flexibility index (Phi) is 2.81. The van der Waals surface area contributed by atoms with E-state index in [0.717, 1.165) is 0 Å². The van der Waals surface area contributed by atoms with Crippen LogP contribution in [0.25, 0.3) is 0 Å². The molecule has 0 saturated carbocycles. The monoisotopic (exact) mass is 210 g/mol. The average Bonchev–Trinajstić information content (AvgIpc) is 2.47. The minimum Gasteiger partial charge on any atom is -0.338 e. The van der Waals surface area contributed by atoms with Gasteiger partial charge in [0.25, 0.3) is 0 Å². The highest BCUT2D eigenvalue weighted by Crippen LogP contribution is 2.39. The van der Waals surface area contributed by atoms with Crippen LogP contribution < -0.4 is 0 Å². The first-order valence-electron chi connectivity index (χ1n) is 4.74. The van der Waals surface area contributed by atoms with Crippen molar-refractivity contribution in [2.45, 2.75) is 30.0 Å². The van der Waals surface area contributed by atoms with Crippen LogP contribution in [0.5, 0.6) is 0 Å². The zero-order valence-electron chi connectivity index (χ0n) is 8.40. The standard InChI is InChI=1S/C11H14O2S/c1-9-8-12-11(2,13-9)14-10-6-4-3-5-7-10/h3-7,9H,8H2,1-2H3. The van der Waals surface area contributed by atoms with E-state index in [9.17, 15) is 0 Å². The Morgan fingerprint density at radius 1 is 1.36 bits per heavy atom. The van der Waals surface area contributed by atoms with Gasteiger partial charge in [-0.1, -0.05) is 30.0 Å². The van der Waals surface area contributed by atoms with E-state index in [1.807, 2.05) is 32.0 Å². The lowest BCUT2D eigenvalue weighted by molar-refractivity contribution is -0.0722. The molecule has 0 aromatic heterocycles. The van der Waals surface area contributed by atoms with Gasteiger partial charge in [0, 0.05) is 11.8 Å². The lowest BCUT2D eigenvalue weighted by atomic mass is 10.4. The largest absolute Gasteiger partial charge is 0.338 e. The van der Waals surface area contributed by atoms with Crippen molar-refractivity contribution in [1.82, 2.24) is 0 Å². The summed E-state index contributed by atoms with van der Waals surface area (Å²) in [6.07, 6.45) is 0.191. The van der Waals surface area contributed by atoms with Gasteiger partial charge in [0.05, 0.1) is 12.7 Å². The van der Waals surface area contributed by atoms with Crippen molar-refractivity contribution in [3.63, 3.8) is 0 Å². The first kappa shape index (κ1) is 10.0. The molecule has 1 aromatic carbocycles. The smallest absolute Gasteiger partial charge is 0.220 e. The van der Waals surface area contributed by atoms with Crippen LogP contribution in [-0.2, 0) is 9.47 Å². The number of thioether (sulfide) groups is 1. The third kappa shape index (κ3) is 2.29. The van der Waals surface area contributed by atoms with Crippen molar-refractivity contribution in [1.29, 1.82) is 0 Å². The van der Waals surface area contributed by atoms with E-state index in [4.69, 9.17) is 9.47 Å². The molecule has 1 aromatic rings. The van der Waals surface area contributed by atoms with E-state index in [-0.39, 0.29) is 6.10 Å². The van der Waals surface area contributed by atoms with Gasteiger partial charge < -0.3 is 9.47 Å². The lowest BCUT2D eigenvalue weighted by Gasteiger charge is -2.21. The third-order valence-corrected chi connectivity index (χ3v) is 3.13. The maximum Gasteiger partial charge on any atom is 0.220 e. The Morgan fingerprint density at radius 3 is 2.64 bits per heavy atom. The maximum absolute atomic E-state index is 5.69. The third-order valence-electron chi connectivity index (χ3n) is 2.04. The highest BCUT2D eigenvalue weighted by molar-refractivity contribution is 8.00. The molecule has 76 valence electrons. The number of benzene rings is 1. The topological polar surface area (TPSA) is 18.5 Å². The Labute approximate surface area is 88.6 Å². The van der Waals surface area contributed by atoms with Gasteiger partial charge in [-0.2, -0.15) is 0 Å². The number of rotatable bonds is 2. The van der Waals surface area contributed by atoms with Gasteiger partial charge in [-0.3, -0.25) is 0 Å². The molecule has 0 radical (unpaired) electrons. The van der Waals surface area contributed by atoms with Gasteiger partial charge in [0.2, 0.25) is 5.12 Å². The summed E-state index contributed by atoms with van der Waals surface area (Å²) in [6.45, 7) is 4.67. The van der Waals surface area contributed by atoms with Crippen LogP contribution in [0.2, 0.25) is 0 Å². The zero-order valence-corrected chi connectivity index (χ0v) is 9.21. The van der Waals surface area contributed by atoms with Gasteiger partial charge in [-0.25, -0.2) is 0 Å². The maximum atomic E-state index is 5.69. The highest BCUT2D eigenvalue weighted by atomic mass is 32.2. The normalized spacial score (nSPS) is 32.0. The minimum absolute atomic E-state index is 0.191. The predicted molar refractivity (Wildman–Crippen MR) is 57.2 cm³/mol. The van der Waals surface area contributed by atoms with Crippen molar-refractivity contribution in [2.75, 3.05) is 6.61 Å². The van der Waals surface area contributed by atoms with Gasteiger partial charge >= 0.3 is 0 Å². The zero-order chi connectivity index (χ0) is 10.0. The van der Waals surface area contributed by atoms with Crippen molar-refractivity contribution < 1.29 is 9.47 Å². The lowest BCUT2D eigenvalue weighted by Crippen LogP contribution is -2.20. The molecule has 0 spiro atoms. The van der Waals surface area contributed by atoms with Gasteiger partial charge in [-0.05, 0) is 19.1 Å². The molecular weight excluding hydrogens is 196 g/mol. The van der Waals surface area contributed by atoms with Crippen LogP contribution in [0.4, 0.5) is 0 Å². The summed E-state index contributed by atoms with van der Waals surface area (Å²) in [6, 6.07) is 10.2. The Morgan fingerprint density at radius 2 is 2.07 bits per heavy atom. The van der Waals surface area contributed by atoms with Crippen LogP contribution in [0.15, 0.2) is 35.2 Å². The SMILES string of the molecule is CC1COC(C)(Sc2ccccc2)O1. The molecule has 0 amide bonds. The summed E-state index contributed by atoms with van der Waals surface area (Å²) in [4.78, 5) is 1.17. The Bertz CT molecular complexity index is 301. The van der Waals surface area contributed by atoms with Crippen LogP contribution >= 0.6 is 11.8 Å². The van der Waals surface area contributed by atoms with Crippen LogP contribution in [-0.4, -0.2) is 17.8 Å². The number of ether oxygens (including phenoxy) is 2. The predicted octanol–water partition coefficient (Wildman–Crippen LogP) is 2.89. The summed E-state index contributed by atoms with van der Waals surface area (Å²) in [5.74, 6) is 0. The molecule has 2 rings (SSSR count). The van der Waals surface area contributed by atoms with E-state index in [1.54, 1.807) is 11.8 Å². The molecule has 1 aliphatic rings. The number of hydrogen-bond acceptors (Lipinski definition) is 3. The minimum atomic E-state index is -0.513. The molecule has 1 aliphatic heterocycles. The van der Waals surface area contributed by atoms with Crippen LogP contribution in [0.3, 0.4) is 0 Å².